The molecule has 0 unspecified atom stereocenters. The highest BCUT2D eigenvalue weighted by Gasteiger charge is 2.02. The summed E-state index contributed by atoms with van der Waals surface area (Å²) < 4.78 is 13.4. The lowest BCUT2D eigenvalue weighted by atomic mass is 10.3. The zero-order valence-corrected chi connectivity index (χ0v) is 9.64. The van der Waals surface area contributed by atoms with Crippen molar-refractivity contribution in [1.82, 2.24) is 10.2 Å². The summed E-state index contributed by atoms with van der Waals surface area (Å²) in [4.78, 5) is 0. The van der Waals surface area contributed by atoms with E-state index in [2.05, 4.69) is 15.5 Å². The van der Waals surface area contributed by atoms with Crippen LogP contribution in [0.5, 0.6) is 0 Å². The van der Waals surface area contributed by atoms with Crippen molar-refractivity contribution in [3.05, 3.63) is 33.0 Å². The fourth-order valence-electron chi connectivity index (χ4n) is 0.981. The first-order chi connectivity index (χ1) is 7.15. The summed E-state index contributed by atoms with van der Waals surface area (Å²) >= 11 is 11.8. The van der Waals surface area contributed by atoms with Gasteiger partial charge in [-0.25, -0.2) is 4.39 Å². The molecule has 15 heavy (non-hydrogen) atoms. The molecule has 0 bridgehead atoms. The molecule has 0 atom stereocenters. The minimum atomic E-state index is -0.447. The van der Waals surface area contributed by atoms with Crippen molar-refractivity contribution in [2.75, 3.05) is 5.32 Å². The lowest BCUT2D eigenvalue weighted by molar-refractivity contribution is 0.628. The number of hydrogen-bond acceptors (Lipinski definition) is 4. The van der Waals surface area contributed by atoms with Crippen molar-refractivity contribution in [1.29, 1.82) is 0 Å². The van der Waals surface area contributed by atoms with E-state index in [1.54, 1.807) is 6.07 Å². The average Bonchev–Trinajstić information content (AvgIpc) is 2.58. The van der Waals surface area contributed by atoms with E-state index in [-0.39, 0.29) is 5.02 Å². The van der Waals surface area contributed by atoms with E-state index in [0.29, 0.717) is 14.8 Å². The second kappa shape index (κ2) is 4.26. The molecule has 2 N–H and O–H groups in total. The van der Waals surface area contributed by atoms with E-state index >= 15 is 0 Å². The predicted octanol–water partition coefficient (Wildman–Crippen LogP) is 3.74. The van der Waals surface area contributed by atoms with Crippen LogP contribution in [0.25, 0.3) is 0 Å². The highest BCUT2D eigenvalue weighted by Crippen LogP contribution is 2.23. The summed E-state index contributed by atoms with van der Waals surface area (Å²) in [6, 6.07) is 4.35. The Kier molecular flexibility index (Phi) is 2.99. The molecule has 1 aromatic carbocycles. The van der Waals surface area contributed by atoms with Gasteiger partial charge in [0.15, 0.2) is 3.95 Å². The molecule has 1 aromatic heterocycles. The van der Waals surface area contributed by atoms with Crippen LogP contribution in [0.2, 0.25) is 5.02 Å². The third kappa shape index (κ3) is 2.53. The number of aromatic amines is 1. The Morgan fingerprint density at radius 3 is 2.93 bits per heavy atom. The predicted molar refractivity (Wildman–Crippen MR) is 62.0 cm³/mol. The van der Waals surface area contributed by atoms with E-state index in [0.717, 1.165) is 0 Å². The SMILES string of the molecule is Fc1ccc(Nc2n[nH]c(=S)s2)cc1Cl. The van der Waals surface area contributed by atoms with E-state index in [1.165, 1.54) is 23.5 Å². The molecule has 7 heteroatoms. The van der Waals surface area contributed by atoms with Crippen molar-refractivity contribution < 1.29 is 4.39 Å². The quantitative estimate of drug-likeness (QED) is 0.809. The monoisotopic (exact) mass is 261 g/mol. The third-order valence-electron chi connectivity index (χ3n) is 1.61. The number of halogens is 2. The molecule has 3 nitrogen and oxygen atoms in total. The molecule has 2 rings (SSSR count). The van der Waals surface area contributed by atoms with Crippen LogP contribution in [-0.2, 0) is 0 Å². The molecule has 1 heterocycles. The topological polar surface area (TPSA) is 40.7 Å². The first-order valence-corrected chi connectivity index (χ1v) is 5.53. The maximum atomic E-state index is 12.8. The number of nitrogens with one attached hydrogen (secondary N) is 2. The molecule has 0 saturated heterocycles. The summed E-state index contributed by atoms with van der Waals surface area (Å²) in [7, 11) is 0. The highest BCUT2D eigenvalue weighted by molar-refractivity contribution is 7.73. The smallest absolute Gasteiger partial charge is 0.208 e. The lowest BCUT2D eigenvalue weighted by Crippen LogP contribution is -1.90. The Morgan fingerprint density at radius 1 is 1.53 bits per heavy atom. The first-order valence-electron chi connectivity index (χ1n) is 3.93. The molecule has 0 spiro atoms. The Hall–Kier alpha value is -0.980. The van der Waals surface area contributed by atoms with Crippen LogP contribution in [0.3, 0.4) is 0 Å². The molecule has 0 radical (unpaired) electrons. The van der Waals surface area contributed by atoms with Crippen LogP contribution in [0, 0.1) is 9.77 Å². The van der Waals surface area contributed by atoms with Crippen LogP contribution < -0.4 is 5.32 Å². The van der Waals surface area contributed by atoms with Gasteiger partial charge in [-0.05, 0) is 30.4 Å². The van der Waals surface area contributed by atoms with Gasteiger partial charge in [0.05, 0.1) is 5.02 Å². The lowest BCUT2D eigenvalue weighted by Gasteiger charge is -2.02. The second-order valence-corrected chi connectivity index (χ2v) is 4.75. The number of benzene rings is 1. The fraction of sp³-hybridized carbons (Fsp3) is 0. The van der Waals surface area contributed by atoms with Gasteiger partial charge in [0.1, 0.15) is 5.82 Å². The molecule has 78 valence electrons. The van der Waals surface area contributed by atoms with Gasteiger partial charge in [-0.3, -0.25) is 5.10 Å². The van der Waals surface area contributed by atoms with Gasteiger partial charge in [0.25, 0.3) is 0 Å². The van der Waals surface area contributed by atoms with Crippen molar-refractivity contribution in [3.63, 3.8) is 0 Å². The van der Waals surface area contributed by atoms with E-state index in [4.69, 9.17) is 23.8 Å². The largest absolute Gasteiger partial charge is 0.330 e. The summed E-state index contributed by atoms with van der Waals surface area (Å²) in [6.45, 7) is 0. The zero-order chi connectivity index (χ0) is 10.8. The zero-order valence-electron chi connectivity index (χ0n) is 7.25. The molecule has 0 aliphatic heterocycles. The minimum Gasteiger partial charge on any atom is -0.330 e. The van der Waals surface area contributed by atoms with Crippen LogP contribution in [0.15, 0.2) is 18.2 Å². The van der Waals surface area contributed by atoms with Crippen LogP contribution in [0.4, 0.5) is 15.2 Å². The summed E-state index contributed by atoms with van der Waals surface area (Å²) in [5.74, 6) is -0.447. The van der Waals surface area contributed by atoms with E-state index in [9.17, 15) is 4.39 Å². The molecule has 0 saturated carbocycles. The van der Waals surface area contributed by atoms with Gasteiger partial charge >= 0.3 is 0 Å². The highest BCUT2D eigenvalue weighted by atomic mass is 35.5. The summed E-state index contributed by atoms with van der Waals surface area (Å²) in [6.07, 6.45) is 0. The third-order valence-corrected chi connectivity index (χ3v) is 2.90. The number of aromatic nitrogens is 2. The number of H-pyrrole nitrogens is 1. The summed E-state index contributed by atoms with van der Waals surface area (Å²) in [5.41, 5.74) is 0.666. The van der Waals surface area contributed by atoms with Gasteiger partial charge in [-0.15, -0.1) is 5.10 Å². The number of anilines is 2. The van der Waals surface area contributed by atoms with Crippen molar-refractivity contribution in [3.8, 4) is 0 Å². The van der Waals surface area contributed by atoms with Crippen molar-refractivity contribution in [2.24, 2.45) is 0 Å². The number of rotatable bonds is 2. The molecule has 0 aliphatic carbocycles. The fourth-order valence-corrected chi connectivity index (χ4v) is 1.97. The molecule has 0 amide bonds. The number of nitrogens with zero attached hydrogens (tertiary/aromatic N) is 1. The van der Waals surface area contributed by atoms with E-state index < -0.39 is 5.82 Å². The normalized spacial score (nSPS) is 10.3. The first kappa shape index (κ1) is 10.5. The van der Waals surface area contributed by atoms with Gasteiger partial charge in [-0.1, -0.05) is 22.9 Å². The van der Waals surface area contributed by atoms with Gasteiger partial charge < -0.3 is 5.32 Å². The van der Waals surface area contributed by atoms with Crippen LogP contribution in [0.1, 0.15) is 0 Å². The van der Waals surface area contributed by atoms with E-state index in [1.807, 2.05) is 0 Å². The molecule has 2 aromatic rings. The Labute approximate surface area is 98.9 Å². The second-order valence-electron chi connectivity index (χ2n) is 2.67. The number of hydrogen-bond donors (Lipinski definition) is 2. The Bertz CT molecular complexity index is 537. The van der Waals surface area contributed by atoms with Crippen molar-refractivity contribution in [2.45, 2.75) is 0 Å². The van der Waals surface area contributed by atoms with Gasteiger partial charge in [0.2, 0.25) is 5.13 Å². The molecule has 0 fully saturated rings. The minimum absolute atomic E-state index is 0.0686. The van der Waals surface area contributed by atoms with Crippen LogP contribution in [-0.4, -0.2) is 10.2 Å². The maximum absolute atomic E-state index is 12.8. The Balaban J connectivity index is 2.24. The average molecular weight is 262 g/mol. The molecule has 0 aliphatic rings. The van der Waals surface area contributed by atoms with Gasteiger partial charge in [0, 0.05) is 5.69 Å². The maximum Gasteiger partial charge on any atom is 0.208 e. The molecular formula is C8H5ClFN3S2. The van der Waals surface area contributed by atoms with Crippen LogP contribution >= 0.6 is 35.2 Å². The van der Waals surface area contributed by atoms with Gasteiger partial charge in [-0.2, -0.15) is 0 Å². The standard InChI is InChI=1S/C8H5ClFN3S2/c9-5-3-4(1-2-6(5)10)11-7-12-13-8(14)15-7/h1-3H,(H,11,12)(H,13,14). The Morgan fingerprint density at radius 2 is 2.33 bits per heavy atom. The summed E-state index contributed by atoms with van der Waals surface area (Å²) in [5, 5.41) is 10.2. The van der Waals surface area contributed by atoms with Crippen molar-refractivity contribution >= 4 is 46.0 Å². The molecular weight excluding hydrogens is 257 g/mol.